The summed E-state index contributed by atoms with van der Waals surface area (Å²) in [6, 6.07) is 21.5. The van der Waals surface area contributed by atoms with Crippen LogP contribution < -0.4 is 15.0 Å². The third kappa shape index (κ3) is 3.40. The molecule has 0 bridgehead atoms. The van der Waals surface area contributed by atoms with E-state index in [-0.39, 0.29) is 12.5 Å². The highest BCUT2D eigenvalue weighted by atomic mass is 16.5. The van der Waals surface area contributed by atoms with Crippen molar-refractivity contribution < 1.29 is 23.9 Å². The van der Waals surface area contributed by atoms with Crippen molar-refractivity contribution in [3.05, 3.63) is 83.9 Å². The van der Waals surface area contributed by atoms with Gasteiger partial charge in [0.15, 0.2) is 6.61 Å². The molecule has 0 spiro atoms. The molecule has 154 valence electrons. The second-order valence-electron chi connectivity index (χ2n) is 7.26. The van der Waals surface area contributed by atoms with E-state index in [1.165, 1.54) is 4.90 Å². The minimum absolute atomic E-state index is 0.129. The highest BCUT2D eigenvalue weighted by Crippen LogP contribution is 2.44. The Labute approximate surface area is 178 Å². The summed E-state index contributed by atoms with van der Waals surface area (Å²) in [5.74, 6) is -0.862. The smallest absolute Gasteiger partial charge is 0.318 e. The fourth-order valence-corrected chi connectivity index (χ4v) is 3.91. The molecule has 0 atom stereocenters. The second kappa shape index (κ2) is 7.60. The molecule has 7 nitrogen and oxygen atoms in total. The molecule has 2 heterocycles. The number of benzene rings is 3. The van der Waals surface area contributed by atoms with Crippen LogP contribution in [0.5, 0.6) is 11.5 Å². The topological polar surface area (TPSA) is 84.9 Å². The standard InChI is InChI=1S/C24H18N2O5/c27-21-13-26(18-10-4-3-9-17(18)25-21)22(28)14-30-24(29)23-15-7-1-5-11-19(15)31-20-12-6-2-8-16(20)23/h1-12,23H,13-14H2,(H,25,27). The first-order valence-electron chi connectivity index (χ1n) is 9.83. The summed E-state index contributed by atoms with van der Waals surface area (Å²) >= 11 is 0. The molecule has 5 rings (SSSR count). The third-order valence-corrected chi connectivity index (χ3v) is 5.33. The van der Waals surface area contributed by atoms with E-state index in [1.54, 1.807) is 36.4 Å². The zero-order valence-electron chi connectivity index (χ0n) is 16.4. The summed E-state index contributed by atoms with van der Waals surface area (Å²) in [5, 5.41) is 2.73. The lowest BCUT2D eigenvalue weighted by molar-refractivity contribution is -0.148. The number of hydrogen-bond donors (Lipinski definition) is 1. The van der Waals surface area contributed by atoms with E-state index in [9.17, 15) is 14.4 Å². The van der Waals surface area contributed by atoms with Crippen LogP contribution in [0, 0.1) is 0 Å². The molecule has 0 aromatic heterocycles. The average Bonchev–Trinajstić information content (AvgIpc) is 2.80. The molecule has 0 unspecified atom stereocenters. The monoisotopic (exact) mass is 414 g/mol. The van der Waals surface area contributed by atoms with Crippen LogP contribution in [-0.4, -0.2) is 30.9 Å². The first kappa shape index (κ1) is 18.9. The molecule has 7 heteroatoms. The number of anilines is 2. The number of para-hydroxylation sites is 4. The van der Waals surface area contributed by atoms with Crippen molar-refractivity contribution in [2.45, 2.75) is 5.92 Å². The van der Waals surface area contributed by atoms with Crippen LogP contribution in [0.25, 0.3) is 0 Å². The molecule has 0 saturated heterocycles. The van der Waals surface area contributed by atoms with Crippen molar-refractivity contribution in [1.29, 1.82) is 0 Å². The minimum atomic E-state index is -0.703. The normalized spacial score (nSPS) is 14.5. The number of amides is 2. The lowest BCUT2D eigenvalue weighted by atomic mass is 9.88. The molecular weight excluding hydrogens is 396 g/mol. The van der Waals surface area contributed by atoms with Crippen LogP contribution in [0.2, 0.25) is 0 Å². The van der Waals surface area contributed by atoms with Crippen LogP contribution in [0.4, 0.5) is 11.4 Å². The van der Waals surface area contributed by atoms with Gasteiger partial charge < -0.3 is 14.8 Å². The van der Waals surface area contributed by atoms with Crippen molar-refractivity contribution in [2.24, 2.45) is 0 Å². The zero-order valence-corrected chi connectivity index (χ0v) is 16.4. The third-order valence-electron chi connectivity index (χ3n) is 5.33. The van der Waals surface area contributed by atoms with Crippen molar-refractivity contribution in [3.8, 4) is 11.5 Å². The van der Waals surface area contributed by atoms with Gasteiger partial charge in [-0.1, -0.05) is 48.5 Å². The fourth-order valence-electron chi connectivity index (χ4n) is 3.91. The first-order chi connectivity index (χ1) is 15.1. The van der Waals surface area contributed by atoms with E-state index in [2.05, 4.69) is 5.32 Å². The number of nitrogens with zero attached hydrogens (tertiary/aromatic N) is 1. The number of carbonyl (C=O) groups excluding carboxylic acids is 3. The van der Waals surface area contributed by atoms with Crippen LogP contribution in [-0.2, 0) is 19.1 Å². The largest absolute Gasteiger partial charge is 0.457 e. The zero-order chi connectivity index (χ0) is 21.4. The molecule has 0 aliphatic carbocycles. The summed E-state index contributed by atoms with van der Waals surface area (Å²) in [7, 11) is 0. The van der Waals surface area contributed by atoms with Gasteiger partial charge in [0.2, 0.25) is 5.91 Å². The number of esters is 1. The van der Waals surface area contributed by atoms with Crippen LogP contribution in [0.1, 0.15) is 17.0 Å². The SMILES string of the molecule is O=C1CN(C(=O)COC(=O)C2c3ccccc3Oc3ccccc32)c2ccccc2N1. The molecule has 31 heavy (non-hydrogen) atoms. The molecule has 2 aliphatic heterocycles. The van der Waals surface area contributed by atoms with Gasteiger partial charge in [0.05, 0.1) is 11.4 Å². The molecular formula is C24H18N2O5. The maximum absolute atomic E-state index is 13.1. The molecule has 1 N–H and O–H groups in total. The number of rotatable bonds is 3. The van der Waals surface area contributed by atoms with Gasteiger partial charge in [0.25, 0.3) is 5.91 Å². The Balaban J connectivity index is 1.37. The summed E-state index contributed by atoms with van der Waals surface area (Å²) in [5.41, 5.74) is 2.48. The first-order valence-corrected chi connectivity index (χ1v) is 9.83. The molecule has 2 amide bonds. The van der Waals surface area contributed by atoms with E-state index in [0.29, 0.717) is 34.0 Å². The number of carbonyl (C=O) groups is 3. The quantitative estimate of drug-likeness (QED) is 0.664. The lowest BCUT2D eigenvalue weighted by Gasteiger charge is -2.29. The van der Waals surface area contributed by atoms with Gasteiger partial charge >= 0.3 is 5.97 Å². The van der Waals surface area contributed by atoms with E-state index in [1.807, 2.05) is 36.4 Å². The van der Waals surface area contributed by atoms with Gasteiger partial charge in [0, 0.05) is 11.1 Å². The molecule has 0 saturated carbocycles. The predicted octanol–water partition coefficient (Wildman–Crippen LogP) is 3.45. The number of hydrogen-bond acceptors (Lipinski definition) is 5. The van der Waals surface area contributed by atoms with Gasteiger partial charge in [-0.2, -0.15) is 0 Å². The molecule has 0 fully saturated rings. The van der Waals surface area contributed by atoms with E-state index < -0.39 is 24.4 Å². The fraction of sp³-hybridized carbons (Fsp3) is 0.125. The Morgan fingerprint density at radius 1 is 0.935 bits per heavy atom. The van der Waals surface area contributed by atoms with Crippen molar-refractivity contribution >= 4 is 29.2 Å². The van der Waals surface area contributed by atoms with Crippen LogP contribution >= 0.6 is 0 Å². The summed E-state index contributed by atoms with van der Waals surface area (Å²) in [6.45, 7) is -0.599. The maximum atomic E-state index is 13.1. The highest BCUT2D eigenvalue weighted by molar-refractivity contribution is 6.10. The lowest BCUT2D eigenvalue weighted by Crippen LogP contribution is -2.44. The Morgan fingerprint density at radius 2 is 1.55 bits per heavy atom. The highest BCUT2D eigenvalue weighted by Gasteiger charge is 2.34. The van der Waals surface area contributed by atoms with Gasteiger partial charge in [0.1, 0.15) is 24.0 Å². The number of ether oxygens (including phenoxy) is 2. The van der Waals surface area contributed by atoms with E-state index >= 15 is 0 Å². The summed E-state index contributed by atoms with van der Waals surface area (Å²) in [4.78, 5) is 39.2. The molecule has 3 aromatic carbocycles. The van der Waals surface area contributed by atoms with Gasteiger partial charge in [-0.3, -0.25) is 19.3 Å². The van der Waals surface area contributed by atoms with Crippen LogP contribution in [0.15, 0.2) is 72.8 Å². The van der Waals surface area contributed by atoms with Gasteiger partial charge in [-0.05, 0) is 24.3 Å². The van der Waals surface area contributed by atoms with Crippen molar-refractivity contribution in [2.75, 3.05) is 23.4 Å². The molecule has 0 radical (unpaired) electrons. The average molecular weight is 414 g/mol. The van der Waals surface area contributed by atoms with Crippen molar-refractivity contribution in [3.63, 3.8) is 0 Å². The predicted molar refractivity (Wildman–Crippen MR) is 113 cm³/mol. The second-order valence-corrected chi connectivity index (χ2v) is 7.26. The Bertz CT molecular complexity index is 1160. The van der Waals surface area contributed by atoms with Crippen LogP contribution in [0.3, 0.4) is 0 Å². The van der Waals surface area contributed by atoms with Gasteiger partial charge in [-0.15, -0.1) is 0 Å². The number of nitrogens with one attached hydrogen (secondary N) is 1. The maximum Gasteiger partial charge on any atom is 0.318 e. The Hall–Kier alpha value is -4.13. The minimum Gasteiger partial charge on any atom is -0.457 e. The van der Waals surface area contributed by atoms with E-state index in [4.69, 9.17) is 9.47 Å². The summed E-state index contributed by atoms with van der Waals surface area (Å²) < 4.78 is 11.3. The summed E-state index contributed by atoms with van der Waals surface area (Å²) in [6.07, 6.45) is 0. The van der Waals surface area contributed by atoms with E-state index in [0.717, 1.165) is 0 Å². The molecule has 2 aliphatic rings. The molecule has 3 aromatic rings. The van der Waals surface area contributed by atoms with Crippen molar-refractivity contribution in [1.82, 2.24) is 0 Å². The Kier molecular flexibility index (Phi) is 4.63. The van der Waals surface area contributed by atoms with Gasteiger partial charge in [-0.25, -0.2) is 0 Å². The Morgan fingerprint density at radius 3 is 2.26 bits per heavy atom. The number of fused-ring (bicyclic) bond motifs is 3.